The van der Waals surface area contributed by atoms with Crippen molar-refractivity contribution >= 4 is 36.3 Å². The fourth-order valence-corrected chi connectivity index (χ4v) is 3.18. The lowest BCUT2D eigenvalue weighted by molar-refractivity contribution is -0.144. The van der Waals surface area contributed by atoms with Crippen molar-refractivity contribution in [3.8, 4) is 0 Å². The Morgan fingerprint density at radius 1 is 1.21 bits per heavy atom. The van der Waals surface area contributed by atoms with Crippen LogP contribution in [0.5, 0.6) is 0 Å². The van der Waals surface area contributed by atoms with E-state index in [1.54, 1.807) is 0 Å². The largest absolute Gasteiger partial charge is 0.480 e. The molecule has 4 atom stereocenters. The first-order valence-electron chi connectivity index (χ1n) is 9.23. The summed E-state index contributed by atoms with van der Waals surface area (Å²) in [4.78, 5) is 50.0. The standard InChI is InChI=1S/C17H30N4O6S/c1-9(2)6-11(14(23)20-12(7-22)17(26)27)19-15(24)13-4-3-5-21(13)16(25)10(18)8-28/h9-13,22,28H,3-8,18H2,1-2H3,(H,19,24)(H,20,23)(H,26,27). The highest BCUT2D eigenvalue weighted by Crippen LogP contribution is 2.19. The van der Waals surface area contributed by atoms with Crippen molar-refractivity contribution in [1.29, 1.82) is 0 Å². The van der Waals surface area contributed by atoms with E-state index in [1.165, 1.54) is 4.90 Å². The van der Waals surface area contributed by atoms with Crippen LogP contribution >= 0.6 is 12.6 Å². The van der Waals surface area contributed by atoms with Gasteiger partial charge in [0.05, 0.1) is 12.6 Å². The number of nitrogens with zero attached hydrogens (tertiary/aromatic N) is 1. The van der Waals surface area contributed by atoms with Gasteiger partial charge in [-0.05, 0) is 25.2 Å². The molecule has 1 saturated heterocycles. The van der Waals surface area contributed by atoms with Crippen LogP contribution < -0.4 is 16.4 Å². The van der Waals surface area contributed by atoms with Crippen LogP contribution in [0.1, 0.15) is 33.1 Å². The zero-order valence-electron chi connectivity index (χ0n) is 16.1. The Balaban J connectivity index is 2.87. The molecule has 1 rings (SSSR count). The first kappa shape index (κ1) is 24.2. The number of rotatable bonds is 10. The average molecular weight is 419 g/mol. The number of nitrogens with one attached hydrogen (secondary N) is 2. The third-order valence-corrected chi connectivity index (χ3v) is 4.88. The summed E-state index contributed by atoms with van der Waals surface area (Å²) >= 11 is 4.01. The maximum Gasteiger partial charge on any atom is 0.328 e. The lowest BCUT2D eigenvalue weighted by Gasteiger charge is -2.28. The minimum absolute atomic E-state index is 0.0346. The van der Waals surface area contributed by atoms with Gasteiger partial charge in [0.25, 0.3) is 0 Å². The van der Waals surface area contributed by atoms with Crippen molar-refractivity contribution in [2.45, 2.75) is 57.3 Å². The number of hydrogen-bond donors (Lipinski definition) is 6. The van der Waals surface area contributed by atoms with E-state index in [0.717, 1.165) is 0 Å². The van der Waals surface area contributed by atoms with Gasteiger partial charge in [-0.15, -0.1) is 0 Å². The third-order valence-electron chi connectivity index (χ3n) is 4.49. The van der Waals surface area contributed by atoms with Gasteiger partial charge < -0.3 is 31.5 Å². The van der Waals surface area contributed by atoms with Gasteiger partial charge in [-0.3, -0.25) is 14.4 Å². The highest BCUT2D eigenvalue weighted by molar-refractivity contribution is 7.80. The minimum Gasteiger partial charge on any atom is -0.480 e. The molecule has 160 valence electrons. The molecular formula is C17H30N4O6S. The van der Waals surface area contributed by atoms with Crippen molar-refractivity contribution in [3.05, 3.63) is 0 Å². The van der Waals surface area contributed by atoms with Crippen LogP contribution in [0, 0.1) is 5.92 Å². The summed E-state index contributed by atoms with van der Waals surface area (Å²) in [7, 11) is 0. The quantitative estimate of drug-likeness (QED) is 0.231. The predicted octanol–water partition coefficient (Wildman–Crippen LogP) is -1.67. The van der Waals surface area contributed by atoms with Crippen LogP contribution in [0.15, 0.2) is 0 Å². The number of thiol groups is 1. The van der Waals surface area contributed by atoms with Crippen LogP contribution in [0.2, 0.25) is 0 Å². The molecule has 4 unspecified atom stereocenters. The molecule has 28 heavy (non-hydrogen) atoms. The fraction of sp³-hybridized carbons (Fsp3) is 0.765. The van der Waals surface area contributed by atoms with E-state index < -0.39 is 48.6 Å². The number of carbonyl (C=O) groups is 4. The van der Waals surface area contributed by atoms with Crippen molar-refractivity contribution in [2.75, 3.05) is 18.9 Å². The molecule has 0 aromatic heterocycles. The number of nitrogens with two attached hydrogens (primary N) is 1. The summed E-state index contributed by atoms with van der Waals surface area (Å²) in [6.45, 7) is 3.33. The topological polar surface area (TPSA) is 162 Å². The molecule has 1 fully saturated rings. The molecule has 3 amide bonds. The van der Waals surface area contributed by atoms with Gasteiger partial charge in [-0.25, -0.2) is 4.79 Å². The molecule has 1 aliphatic rings. The van der Waals surface area contributed by atoms with Gasteiger partial charge in [-0.2, -0.15) is 12.6 Å². The fourth-order valence-electron chi connectivity index (χ4n) is 3.02. The molecule has 0 aromatic carbocycles. The number of aliphatic hydroxyl groups excluding tert-OH is 1. The molecule has 11 heteroatoms. The molecule has 0 spiro atoms. The smallest absolute Gasteiger partial charge is 0.328 e. The molecule has 0 bridgehead atoms. The number of amides is 3. The van der Waals surface area contributed by atoms with Gasteiger partial charge in [0, 0.05) is 12.3 Å². The number of carboxylic acid groups (broad SMARTS) is 1. The van der Waals surface area contributed by atoms with Crippen molar-refractivity contribution in [2.24, 2.45) is 11.7 Å². The SMILES string of the molecule is CC(C)CC(NC(=O)C1CCCN1C(=O)C(N)CS)C(=O)NC(CO)C(=O)O. The normalized spacial score (nSPS) is 19.8. The van der Waals surface area contributed by atoms with Gasteiger partial charge in [0.15, 0.2) is 0 Å². The Hall–Kier alpha value is -1.85. The maximum atomic E-state index is 12.7. The molecule has 0 saturated carbocycles. The van der Waals surface area contributed by atoms with Crippen LogP contribution in [0.3, 0.4) is 0 Å². The molecule has 0 aliphatic carbocycles. The summed E-state index contributed by atoms with van der Waals surface area (Å²) in [6, 6.07) is -4.00. The Kier molecular flexibility index (Phi) is 9.70. The highest BCUT2D eigenvalue weighted by atomic mass is 32.1. The summed E-state index contributed by atoms with van der Waals surface area (Å²) in [6.07, 6.45) is 1.35. The van der Waals surface area contributed by atoms with Gasteiger partial charge in [0.2, 0.25) is 17.7 Å². The number of aliphatic carboxylic acids is 1. The molecule has 10 nitrogen and oxygen atoms in total. The van der Waals surface area contributed by atoms with E-state index in [4.69, 9.17) is 15.9 Å². The number of likely N-dealkylation sites (tertiary alicyclic amines) is 1. The zero-order valence-corrected chi connectivity index (χ0v) is 17.0. The minimum atomic E-state index is -1.46. The first-order valence-corrected chi connectivity index (χ1v) is 9.86. The van der Waals surface area contributed by atoms with Crippen LogP contribution in [0.25, 0.3) is 0 Å². The average Bonchev–Trinajstić information content (AvgIpc) is 3.13. The van der Waals surface area contributed by atoms with E-state index in [0.29, 0.717) is 19.4 Å². The molecule has 0 radical (unpaired) electrons. The highest BCUT2D eigenvalue weighted by Gasteiger charge is 2.37. The molecule has 1 heterocycles. The van der Waals surface area contributed by atoms with Gasteiger partial charge in [-0.1, -0.05) is 13.8 Å². The molecule has 1 aliphatic heterocycles. The molecular weight excluding hydrogens is 388 g/mol. The predicted molar refractivity (Wildman–Crippen MR) is 105 cm³/mol. The Labute approximate surface area is 169 Å². The van der Waals surface area contributed by atoms with E-state index in [-0.39, 0.29) is 24.0 Å². The van der Waals surface area contributed by atoms with Crippen LogP contribution in [0.4, 0.5) is 0 Å². The van der Waals surface area contributed by atoms with E-state index in [1.807, 2.05) is 13.8 Å². The summed E-state index contributed by atoms with van der Waals surface area (Å²) in [5, 5.41) is 22.9. The van der Waals surface area contributed by atoms with Crippen molar-refractivity contribution < 1.29 is 29.4 Å². The van der Waals surface area contributed by atoms with Gasteiger partial charge >= 0.3 is 5.97 Å². The lowest BCUT2D eigenvalue weighted by Crippen LogP contribution is -2.57. The lowest BCUT2D eigenvalue weighted by atomic mass is 10.0. The summed E-state index contributed by atoms with van der Waals surface area (Å²) in [5.74, 6) is -2.75. The Morgan fingerprint density at radius 3 is 2.36 bits per heavy atom. The Morgan fingerprint density at radius 2 is 1.86 bits per heavy atom. The van der Waals surface area contributed by atoms with E-state index in [9.17, 15) is 19.2 Å². The van der Waals surface area contributed by atoms with Crippen molar-refractivity contribution in [3.63, 3.8) is 0 Å². The number of aliphatic hydroxyl groups is 1. The van der Waals surface area contributed by atoms with Crippen molar-refractivity contribution in [1.82, 2.24) is 15.5 Å². The summed E-state index contributed by atoms with van der Waals surface area (Å²) < 4.78 is 0. The third kappa shape index (κ3) is 6.64. The van der Waals surface area contributed by atoms with Crippen LogP contribution in [-0.2, 0) is 19.2 Å². The first-order chi connectivity index (χ1) is 13.1. The maximum absolute atomic E-state index is 12.7. The number of hydrogen-bond acceptors (Lipinski definition) is 7. The summed E-state index contributed by atoms with van der Waals surface area (Å²) in [5.41, 5.74) is 5.73. The second-order valence-electron chi connectivity index (χ2n) is 7.25. The second-order valence-corrected chi connectivity index (χ2v) is 7.62. The monoisotopic (exact) mass is 418 g/mol. The van der Waals surface area contributed by atoms with Crippen LogP contribution in [-0.4, -0.2) is 81.9 Å². The van der Waals surface area contributed by atoms with Gasteiger partial charge in [0.1, 0.15) is 18.1 Å². The second kappa shape index (κ2) is 11.2. The van der Waals surface area contributed by atoms with E-state index in [2.05, 4.69) is 23.3 Å². The molecule has 0 aromatic rings. The van der Waals surface area contributed by atoms with E-state index >= 15 is 0 Å². The number of carbonyl (C=O) groups excluding carboxylic acids is 3. The zero-order chi connectivity index (χ0) is 21.4. The Bertz CT molecular complexity index is 588. The molecule has 6 N–H and O–H groups in total. The number of carboxylic acids is 1.